The molecule has 4 rings (SSSR count). The fourth-order valence-corrected chi connectivity index (χ4v) is 3.40. The summed E-state index contributed by atoms with van der Waals surface area (Å²) < 4.78 is 5.38. The maximum Gasteiger partial charge on any atom is 0.233 e. The lowest BCUT2D eigenvalue weighted by atomic mass is 9.93. The monoisotopic (exact) mass is 337 g/mol. The van der Waals surface area contributed by atoms with Gasteiger partial charge in [-0.25, -0.2) is 4.98 Å². The molecule has 2 aliphatic rings. The zero-order chi connectivity index (χ0) is 17.1. The third-order valence-electron chi connectivity index (χ3n) is 4.91. The third kappa shape index (κ3) is 3.82. The first-order chi connectivity index (χ1) is 12.3. The van der Waals surface area contributed by atoms with E-state index in [0.717, 1.165) is 50.4 Å². The van der Waals surface area contributed by atoms with Crippen LogP contribution in [-0.4, -0.2) is 37.2 Å². The van der Waals surface area contributed by atoms with Crippen molar-refractivity contribution in [2.45, 2.75) is 18.8 Å². The van der Waals surface area contributed by atoms with Gasteiger partial charge in [0.15, 0.2) is 0 Å². The van der Waals surface area contributed by atoms with Crippen molar-refractivity contribution in [2.75, 3.05) is 36.5 Å². The average Bonchev–Trinajstić information content (AvgIpc) is 3.49. The van der Waals surface area contributed by atoms with E-state index in [1.54, 1.807) is 0 Å². The molecule has 2 fully saturated rings. The summed E-state index contributed by atoms with van der Waals surface area (Å²) in [5.41, 5.74) is 2.16. The Kier molecular flexibility index (Phi) is 4.65. The summed E-state index contributed by atoms with van der Waals surface area (Å²) in [6, 6.07) is 14.0. The quantitative estimate of drug-likeness (QED) is 0.911. The van der Waals surface area contributed by atoms with Crippen LogP contribution in [0, 0.1) is 5.92 Å². The molecule has 1 atom stereocenters. The highest BCUT2D eigenvalue weighted by molar-refractivity contribution is 5.95. The maximum atomic E-state index is 12.8. The van der Waals surface area contributed by atoms with Crippen molar-refractivity contribution in [3.05, 3.63) is 54.2 Å². The van der Waals surface area contributed by atoms with Gasteiger partial charge in [-0.05, 0) is 36.5 Å². The number of rotatable bonds is 5. The Bertz CT molecular complexity index is 707. The van der Waals surface area contributed by atoms with Crippen molar-refractivity contribution < 1.29 is 9.53 Å². The van der Waals surface area contributed by atoms with Gasteiger partial charge in [-0.3, -0.25) is 4.79 Å². The zero-order valence-electron chi connectivity index (χ0n) is 14.2. The van der Waals surface area contributed by atoms with Gasteiger partial charge in [-0.15, -0.1) is 0 Å². The number of nitrogens with one attached hydrogen (secondary N) is 1. The normalized spacial score (nSPS) is 18.6. The number of hydrogen-bond donors (Lipinski definition) is 1. The molecule has 2 aromatic rings. The van der Waals surface area contributed by atoms with Gasteiger partial charge in [0.1, 0.15) is 5.82 Å². The largest absolute Gasteiger partial charge is 0.378 e. The second kappa shape index (κ2) is 7.23. The standard InChI is InChI=1S/C20H23N3O2/c24-20(19(16-6-7-16)15-4-2-1-3-5-15)22-18-9-8-17(14-21-18)23-10-12-25-13-11-23/h1-5,8-9,14,16,19H,6-7,10-13H2,(H,21,22,24). The number of hydrogen-bond acceptors (Lipinski definition) is 4. The summed E-state index contributed by atoms with van der Waals surface area (Å²) in [4.78, 5) is 19.5. The van der Waals surface area contributed by atoms with Crippen molar-refractivity contribution >= 4 is 17.4 Å². The Morgan fingerprint density at radius 1 is 1.12 bits per heavy atom. The highest BCUT2D eigenvalue weighted by Gasteiger charge is 2.37. The minimum absolute atomic E-state index is 0.0420. The van der Waals surface area contributed by atoms with Crippen molar-refractivity contribution in [3.63, 3.8) is 0 Å². The highest BCUT2D eigenvalue weighted by Crippen LogP contribution is 2.43. The molecule has 1 saturated carbocycles. The molecular weight excluding hydrogens is 314 g/mol. The van der Waals surface area contributed by atoms with Crippen molar-refractivity contribution in [1.82, 2.24) is 4.98 Å². The summed E-state index contributed by atoms with van der Waals surface area (Å²) >= 11 is 0. The zero-order valence-corrected chi connectivity index (χ0v) is 14.2. The molecule has 1 saturated heterocycles. The maximum absolute atomic E-state index is 12.8. The first kappa shape index (κ1) is 16.1. The van der Waals surface area contributed by atoms with E-state index in [4.69, 9.17) is 4.74 Å². The van der Waals surface area contributed by atoms with E-state index >= 15 is 0 Å². The van der Waals surface area contributed by atoms with E-state index in [1.807, 2.05) is 48.7 Å². The van der Waals surface area contributed by atoms with Gasteiger partial charge in [-0.2, -0.15) is 0 Å². The molecule has 1 N–H and O–H groups in total. The predicted molar refractivity (Wildman–Crippen MR) is 97.8 cm³/mol. The molecule has 5 nitrogen and oxygen atoms in total. The lowest BCUT2D eigenvalue weighted by Gasteiger charge is -2.28. The number of morpholine rings is 1. The van der Waals surface area contributed by atoms with Crippen LogP contribution in [0.3, 0.4) is 0 Å². The van der Waals surface area contributed by atoms with Crippen LogP contribution in [0.25, 0.3) is 0 Å². The predicted octanol–water partition coefficient (Wildman–Crippen LogP) is 3.05. The fraction of sp³-hybridized carbons (Fsp3) is 0.400. The van der Waals surface area contributed by atoms with Gasteiger partial charge in [0.25, 0.3) is 0 Å². The Hall–Kier alpha value is -2.40. The number of aromatic nitrogens is 1. The number of amides is 1. The first-order valence-corrected chi connectivity index (χ1v) is 8.96. The molecule has 1 amide bonds. The lowest BCUT2D eigenvalue weighted by molar-refractivity contribution is -0.118. The van der Waals surface area contributed by atoms with Crippen molar-refractivity contribution in [1.29, 1.82) is 0 Å². The first-order valence-electron chi connectivity index (χ1n) is 8.96. The molecule has 5 heteroatoms. The van der Waals surface area contributed by atoms with E-state index in [9.17, 15) is 4.79 Å². The van der Waals surface area contributed by atoms with Gasteiger partial charge in [0, 0.05) is 13.1 Å². The number of anilines is 2. The van der Waals surface area contributed by atoms with Gasteiger partial charge in [-0.1, -0.05) is 30.3 Å². The number of carbonyl (C=O) groups excluding carboxylic acids is 1. The average molecular weight is 337 g/mol. The molecule has 1 aliphatic carbocycles. The molecule has 25 heavy (non-hydrogen) atoms. The number of carbonyl (C=O) groups is 1. The Morgan fingerprint density at radius 2 is 1.88 bits per heavy atom. The topological polar surface area (TPSA) is 54.5 Å². The Labute approximate surface area is 148 Å². The molecule has 0 spiro atoms. The van der Waals surface area contributed by atoms with Crippen LogP contribution in [-0.2, 0) is 9.53 Å². The van der Waals surface area contributed by atoms with Crippen LogP contribution in [0.1, 0.15) is 24.3 Å². The molecular formula is C20H23N3O2. The SMILES string of the molecule is O=C(Nc1ccc(N2CCOCC2)cn1)C(c1ccccc1)C1CC1. The van der Waals surface area contributed by atoms with Crippen LogP contribution in [0.15, 0.2) is 48.7 Å². The van der Waals surface area contributed by atoms with Gasteiger partial charge < -0.3 is 15.0 Å². The summed E-state index contributed by atoms with van der Waals surface area (Å²) in [5.74, 6) is 1.03. The molecule has 1 aliphatic heterocycles. The fourth-order valence-electron chi connectivity index (χ4n) is 3.40. The lowest BCUT2D eigenvalue weighted by Crippen LogP contribution is -2.36. The summed E-state index contributed by atoms with van der Waals surface area (Å²) in [5, 5.41) is 3.00. The van der Waals surface area contributed by atoms with E-state index in [2.05, 4.69) is 15.2 Å². The van der Waals surface area contributed by atoms with E-state index in [-0.39, 0.29) is 11.8 Å². The highest BCUT2D eigenvalue weighted by atomic mass is 16.5. The summed E-state index contributed by atoms with van der Waals surface area (Å²) in [6.45, 7) is 3.26. The molecule has 130 valence electrons. The van der Waals surface area contributed by atoms with Gasteiger partial charge in [0.05, 0.1) is 31.0 Å². The van der Waals surface area contributed by atoms with E-state index < -0.39 is 0 Å². The number of pyridine rings is 1. The van der Waals surface area contributed by atoms with E-state index in [1.165, 1.54) is 0 Å². The molecule has 2 heterocycles. The minimum Gasteiger partial charge on any atom is -0.378 e. The third-order valence-corrected chi connectivity index (χ3v) is 4.91. The van der Waals surface area contributed by atoms with Crippen molar-refractivity contribution in [3.8, 4) is 0 Å². The van der Waals surface area contributed by atoms with Crippen LogP contribution in [0.4, 0.5) is 11.5 Å². The van der Waals surface area contributed by atoms with Crippen LogP contribution < -0.4 is 10.2 Å². The number of benzene rings is 1. The van der Waals surface area contributed by atoms with Crippen LogP contribution >= 0.6 is 0 Å². The number of ether oxygens (including phenoxy) is 1. The summed E-state index contributed by atoms with van der Waals surface area (Å²) in [6.07, 6.45) is 4.07. The Balaban J connectivity index is 1.44. The van der Waals surface area contributed by atoms with Crippen LogP contribution in [0.5, 0.6) is 0 Å². The smallest absolute Gasteiger partial charge is 0.233 e. The second-order valence-corrected chi connectivity index (χ2v) is 6.72. The molecule has 1 aromatic carbocycles. The molecule has 1 aromatic heterocycles. The van der Waals surface area contributed by atoms with Crippen molar-refractivity contribution in [2.24, 2.45) is 5.92 Å². The van der Waals surface area contributed by atoms with Gasteiger partial charge in [0.2, 0.25) is 5.91 Å². The second-order valence-electron chi connectivity index (χ2n) is 6.72. The summed E-state index contributed by atoms with van der Waals surface area (Å²) in [7, 11) is 0. The van der Waals surface area contributed by atoms with E-state index in [0.29, 0.717) is 11.7 Å². The molecule has 0 radical (unpaired) electrons. The molecule has 1 unspecified atom stereocenters. The van der Waals surface area contributed by atoms with Gasteiger partial charge >= 0.3 is 0 Å². The minimum atomic E-state index is -0.0816. The Morgan fingerprint density at radius 3 is 2.52 bits per heavy atom. The van der Waals surface area contributed by atoms with Crippen LogP contribution in [0.2, 0.25) is 0 Å². The molecule has 0 bridgehead atoms. The number of nitrogens with zero attached hydrogens (tertiary/aromatic N) is 2.